The fourth-order valence-corrected chi connectivity index (χ4v) is 2.93. The van der Waals surface area contributed by atoms with Gasteiger partial charge >= 0.3 is 0 Å². The van der Waals surface area contributed by atoms with Gasteiger partial charge in [0.15, 0.2) is 5.75 Å². The molecule has 0 radical (unpaired) electrons. The van der Waals surface area contributed by atoms with Crippen molar-refractivity contribution >= 4 is 22.3 Å². The van der Waals surface area contributed by atoms with Gasteiger partial charge in [-0.2, -0.15) is 0 Å². The van der Waals surface area contributed by atoms with Crippen LogP contribution in [0.15, 0.2) is 40.1 Å². The van der Waals surface area contributed by atoms with Crippen LogP contribution in [-0.2, 0) is 0 Å². The summed E-state index contributed by atoms with van der Waals surface area (Å²) >= 11 is 0. The fourth-order valence-electron chi connectivity index (χ4n) is 2.93. The molecule has 0 aliphatic carbocycles. The van der Waals surface area contributed by atoms with E-state index in [0.717, 1.165) is 41.6 Å². The molecule has 1 aromatic heterocycles. The van der Waals surface area contributed by atoms with Gasteiger partial charge in [-0.05, 0) is 25.0 Å². The van der Waals surface area contributed by atoms with Gasteiger partial charge in [-0.15, -0.1) is 0 Å². The van der Waals surface area contributed by atoms with Gasteiger partial charge in [-0.25, -0.2) is 0 Å². The van der Waals surface area contributed by atoms with Gasteiger partial charge in [-0.1, -0.05) is 19.4 Å². The lowest BCUT2D eigenvalue weighted by Gasteiger charge is -2.14. The summed E-state index contributed by atoms with van der Waals surface area (Å²) in [6, 6.07) is 7.74. The normalized spacial score (nSPS) is 10.9. The average Bonchev–Trinajstić information content (AvgIpc) is 2.73. The topological polar surface area (TPSA) is 89.5 Å². The maximum atomic E-state index is 11.7. The Morgan fingerprint density at radius 2 is 1.89 bits per heavy atom. The summed E-state index contributed by atoms with van der Waals surface area (Å²) in [5.41, 5.74) is 1.04. The van der Waals surface area contributed by atoms with Gasteiger partial charge in [-0.3, -0.25) is 14.6 Å². The van der Waals surface area contributed by atoms with Crippen molar-refractivity contribution in [3.63, 3.8) is 0 Å². The van der Waals surface area contributed by atoms with E-state index in [0.29, 0.717) is 25.4 Å². The quantitative estimate of drug-likeness (QED) is 0.389. The Kier molecular flexibility index (Phi) is 6.47. The van der Waals surface area contributed by atoms with Crippen molar-refractivity contribution in [2.24, 2.45) is 0 Å². The summed E-state index contributed by atoms with van der Waals surface area (Å²) in [5.74, 6) is 0.938. The number of hydrogen-bond acceptors (Lipinski definition) is 7. The summed E-state index contributed by atoms with van der Waals surface area (Å²) in [4.78, 5) is 27.8. The van der Waals surface area contributed by atoms with Crippen LogP contribution in [0.3, 0.4) is 0 Å². The van der Waals surface area contributed by atoms with Crippen LogP contribution in [0.4, 0.5) is 11.4 Å². The lowest BCUT2D eigenvalue weighted by atomic mass is 10.1. The van der Waals surface area contributed by atoms with Crippen LogP contribution in [0, 0.1) is 0 Å². The Bertz CT molecular complexity index is 1010. The Morgan fingerprint density at radius 1 is 1.07 bits per heavy atom. The summed E-state index contributed by atoms with van der Waals surface area (Å²) < 4.78 is 10.8. The van der Waals surface area contributed by atoms with E-state index < -0.39 is 10.9 Å². The standard InChI is InChI=1S/C21H25N3O4/c1-3-4-11-28-21-18(19(25)20(21)26)24-10-6-9-22-16-13-15(27-2)12-14-7-5-8-23-17(14)16/h5,7-8,12-13,22,24H,3-4,6,9-11H2,1-2H3. The second-order valence-electron chi connectivity index (χ2n) is 6.52. The molecule has 0 aliphatic rings. The molecule has 0 fully saturated rings. The molecule has 0 aliphatic heterocycles. The third-order valence-electron chi connectivity index (χ3n) is 4.50. The number of fused-ring (bicyclic) bond motifs is 1. The molecule has 0 saturated heterocycles. The second-order valence-corrected chi connectivity index (χ2v) is 6.52. The number of hydrogen-bond donors (Lipinski definition) is 2. The van der Waals surface area contributed by atoms with E-state index >= 15 is 0 Å². The number of methoxy groups -OCH3 is 1. The highest BCUT2D eigenvalue weighted by atomic mass is 16.5. The molecule has 0 unspecified atom stereocenters. The summed E-state index contributed by atoms with van der Waals surface area (Å²) in [6.45, 7) is 3.72. The Morgan fingerprint density at radius 3 is 2.68 bits per heavy atom. The second kappa shape index (κ2) is 9.21. The highest BCUT2D eigenvalue weighted by molar-refractivity contribution is 5.91. The fraction of sp³-hybridized carbons (Fsp3) is 0.381. The summed E-state index contributed by atoms with van der Waals surface area (Å²) in [7, 11) is 1.63. The zero-order valence-electron chi connectivity index (χ0n) is 16.2. The van der Waals surface area contributed by atoms with E-state index in [1.807, 2.05) is 31.2 Å². The molecule has 7 nitrogen and oxygen atoms in total. The first kappa shape index (κ1) is 19.7. The molecule has 148 valence electrons. The first-order valence-electron chi connectivity index (χ1n) is 9.52. The van der Waals surface area contributed by atoms with E-state index in [-0.39, 0.29) is 5.75 Å². The van der Waals surface area contributed by atoms with Gasteiger partial charge < -0.3 is 20.1 Å². The molecule has 0 spiro atoms. The largest absolute Gasteiger partial charge is 0.497 e. The molecule has 2 aromatic carbocycles. The number of unbranched alkanes of at least 4 members (excludes halogenated alkanes) is 1. The van der Waals surface area contributed by atoms with E-state index in [1.54, 1.807) is 13.3 Å². The summed E-state index contributed by atoms with van der Waals surface area (Å²) in [6.07, 6.45) is 4.33. The van der Waals surface area contributed by atoms with E-state index in [1.165, 1.54) is 0 Å². The number of nitrogens with one attached hydrogen (secondary N) is 2. The van der Waals surface area contributed by atoms with Crippen molar-refractivity contribution in [1.29, 1.82) is 0 Å². The van der Waals surface area contributed by atoms with E-state index in [4.69, 9.17) is 9.47 Å². The number of pyridine rings is 1. The van der Waals surface area contributed by atoms with Crippen LogP contribution in [0.5, 0.6) is 11.5 Å². The van der Waals surface area contributed by atoms with Crippen molar-refractivity contribution in [3.05, 3.63) is 50.9 Å². The highest BCUT2D eigenvalue weighted by Gasteiger charge is 2.21. The molecule has 0 bridgehead atoms. The predicted octanol–water partition coefficient (Wildman–Crippen LogP) is 2.93. The molecular weight excluding hydrogens is 358 g/mol. The Balaban J connectivity index is 1.54. The minimum Gasteiger partial charge on any atom is -0.497 e. The van der Waals surface area contributed by atoms with Gasteiger partial charge in [0.1, 0.15) is 11.4 Å². The molecular formula is C21H25N3O4. The number of aromatic nitrogens is 1. The average molecular weight is 383 g/mol. The van der Waals surface area contributed by atoms with Crippen molar-refractivity contribution in [3.8, 4) is 11.5 Å². The van der Waals surface area contributed by atoms with Crippen molar-refractivity contribution in [2.75, 3.05) is 37.4 Å². The van der Waals surface area contributed by atoms with E-state index in [9.17, 15) is 9.59 Å². The van der Waals surface area contributed by atoms with E-state index in [2.05, 4.69) is 15.6 Å². The smallest absolute Gasteiger partial charge is 0.272 e. The number of rotatable bonds is 11. The first-order valence-corrected chi connectivity index (χ1v) is 9.52. The molecule has 28 heavy (non-hydrogen) atoms. The highest BCUT2D eigenvalue weighted by Crippen LogP contribution is 2.27. The van der Waals surface area contributed by atoms with Crippen LogP contribution in [0.25, 0.3) is 10.9 Å². The van der Waals surface area contributed by atoms with Gasteiger partial charge in [0.2, 0.25) is 0 Å². The molecule has 7 heteroatoms. The van der Waals surface area contributed by atoms with Crippen LogP contribution in [-0.4, -0.2) is 31.8 Å². The third-order valence-corrected chi connectivity index (χ3v) is 4.50. The van der Waals surface area contributed by atoms with Crippen molar-refractivity contribution in [2.45, 2.75) is 26.2 Å². The predicted molar refractivity (Wildman–Crippen MR) is 112 cm³/mol. The van der Waals surface area contributed by atoms with Crippen LogP contribution < -0.4 is 31.0 Å². The number of nitrogens with zero attached hydrogens (tertiary/aromatic N) is 1. The van der Waals surface area contributed by atoms with Crippen LogP contribution >= 0.6 is 0 Å². The molecule has 0 saturated carbocycles. The summed E-state index contributed by atoms with van der Waals surface area (Å²) in [5, 5.41) is 7.39. The van der Waals surface area contributed by atoms with Gasteiger partial charge in [0, 0.05) is 30.7 Å². The number of ether oxygens (including phenoxy) is 2. The molecule has 1 heterocycles. The monoisotopic (exact) mass is 383 g/mol. The zero-order chi connectivity index (χ0) is 19.9. The molecule has 2 N–H and O–H groups in total. The van der Waals surface area contributed by atoms with Crippen molar-refractivity contribution < 1.29 is 9.47 Å². The number of anilines is 2. The minimum atomic E-state index is -0.536. The van der Waals surface area contributed by atoms with Gasteiger partial charge in [0.05, 0.1) is 24.9 Å². The van der Waals surface area contributed by atoms with Crippen LogP contribution in [0.1, 0.15) is 26.2 Å². The van der Waals surface area contributed by atoms with Crippen LogP contribution in [0.2, 0.25) is 0 Å². The molecule has 0 atom stereocenters. The zero-order valence-corrected chi connectivity index (χ0v) is 16.2. The molecule has 0 amide bonds. The SMILES string of the molecule is CCCCOc1c(NCCCNc2cc(OC)cc3cccnc23)c(=O)c1=O. The van der Waals surface area contributed by atoms with Gasteiger partial charge in [0.25, 0.3) is 10.9 Å². The molecule has 3 aromatic rings. The Hall–Kier alpha value is -3.09. The lowest BCUT2D eigenvalue weighted by molar-refractivity contribution is 0.304. The molecule has 3 rings (SSSR count). The maximum absolute atomic E-state index is 11.7. The lowest BCUT2D eigenvalue weighted by Crippen LogP contribution is -2.36. The third kappa shape index (κ3) is 4.24. The van der Waals surface area contributed by atoms with Crippen molar-refractivity contribution in [1.82, 2.24) is 4.98 Å². The minimum absolute atomic E-state index is 0.175. The number of benzene rings is 1. The maximum Gasteiger partial charge on any atom is 0.272 e. The first-order chi connectivity index (χ1) is 13.7. The Labute approximate surface area is 163 Å².